The van der Waals surface area contributed by atoms with E-state index in [9.17, 15) is 15.2 Å². The average molecular weight is 291 g/mol. The highest BCUT2D eigenvalue weighted by Crippen LogP contribution is 2.43. The molecule has 0 aliphatic heterocycles. The Morgan fingerprint density at radius 1 is 0.773 bits per heavy atom. The number of rotatable bonds is 3. The van der Waals surface area contributed by atoms with E-state index < -0.39 is 4.92 Å². The molecule has 3 aromatic rings. The van der Waals surface area contributed by atoms with Crippen LogP contribution in [0.4, 0.5) is 5.69 Å². The molecule has 22 heavy (non-hydrogen) atoms. The van der Waals surface area contributed by atoms with Crippen molar-refractivity contribution < 1.29 is 10.0 Å². The molecule has 3 rings (SSSR count). The van der Waals surface area contributed by atoms with Gasteiger partial charge >= 0.3 is 0 Å². The van der Waals surface area contributed by atoms with Crippen LogP contribution in [-0.4, -0.2) is 10.0 Å². The second-order valence-electron chi connectivity index (χ2n) is 4.85. The predicted molar refractivity (Wildman–Crippen MR) is 85.6 cm³/mol. The number of nitrogens with zero attached hydrogens (tertiary/aromatic N) is 1. The van der Waals surface area contributed by atoms with E-state index in [0.29, 0.717) is 11.1 Å². The first-order chi connectivity index (χ1) is 10.7. The first-order valence-electron chi connectivity index (χ1n) is 6.79. The van der Waals surface area contributed by atoms with Gasteiger partial charge in [0, 0.05) is 11.6 Å². The zero-order chi connectivity index (χ0) is 15.5. The summed E-state index contributed by atoms with van der Waals surface area (Å²) in [5.41, 5.74) is 2.14. The topological polar surface area (TPSA) is 63.4 Å². The van der Waals surface area contributed by atoms with Crippen LogP contribution in [0.1, 0.15) is 0 Å². The third-order valence-electron chi connectivity index (χ3n) is 3.50. The minimum atomic E-state index is -0.475. The smallest absolute Gasteiger partial charge is 0.280 e. The molecule has 0 amide bonds. The lowest BCUT2D eigenvalue weighted by Gasteiger charge is -2.11. The van der Waals surface area contributed by atoms with E-state index in [-0.39, 0.29) is 17.0 Å². The molecule has 0 unspecified atom stereocenters. The summed E-state index contributed by atoms with van der Waals surface area (Å²) in [7, 11) is 0. The molecule has 0 aliphatic rings. The van der Waals surface area contributed by atoms with Gasteiger partial charge in [0.15, 0.2) is 0 Å². The Bertz CT molecular complexity index is 814. The maximum absolute atomic E-state index is 11.3. The van der Waals surface area contributed by atoms with E-state index in [2.05, 4.69) is 0 Å². The number of hydrogen-bond donors (Lipinski definition) is 1. The highest BCUT2D eigenvalue weighted by molar-refractivity contribution is 5.87. The van der Waals surface area contributed by atoms with E-state index in [1.165, 1.54) is 6.07 Å². The van der Waals surface area contributed by atoms with Gasteiger partial charge < -0.3 is 5.11 Å². The largest absolute Gasteiger partial charge is 0.506 e. The minimum Gasteiger partial charge on any atom is -0.506 e. The summed E-state index contributed by atoms with van der Waals surface area (Å²) in [5, 5.41) is 21.9. The number of benzene rings is 3. The van der Waals surface area contributed by atoms with Gasteiger partial charge in [-0.25, -0.2) is 0 Å². The molecule has 0 bridgehead atoms. The van der Waals surface area contributed by atoms with E-state index in [1.54, 1.807) is 30.3 Å². The van der Waals surface area contributed by atoms with Crippen LogP contribution in [0.3, 0.4) is 0 Å². The zero-order valence-electron chi connectivity index (χ0n) is 11.6. The molecule has 108 valence electrons. The summed E-state index contributed by atoms with van der Waals surface area (Å²) in [5.74, 6) is -0.0772. The number of hydrogen-bond acceptors (Lipinski definition) is 3. The van der Waals surface area contributed by atoms with Gasteiger partial charge in [-0.3, -0.25) is 10.1 Å². The van der Waals surface area contributed by atoms with Crippen molar-refractivity contribution in [1.29, 1.82) is 0 Å². The third kappa shape index (κ3) is 2.42. The molecule has 0 aliphatic carbocycles. The highest BCUT2D eigenvalue weighted by Gasteiger charge is 2.22. The Morgan fingerprint density at radius 2 is 1.32 bits per heavy atom. The summed E-state index contributed by atoms with van der Waals surface area (Å²) < 4.78 is 0. The van der Waals surface area contributed by atoms with Gasteiger partial charge in [-0.1, -0.05) is 60.7 Å². The average Bonchev–Trinajstić information content (AvgIpc) is 2.56. The minimum absolute atomic E-state index is 0.0772. The standard InChI is InChI=1S/C18H13NO3/c20-18-15(13-7-3-1-4-8-13)11-12-16(19(21)22)17(18)14-9-5-2-6-10-14/h1-12,20H. The van der Waals surface area contributed by atoms with Crippen molar-refractivity contribution in [2.75, 3.05) is 0 Å². The fourth-order valence-electron chi connectivity index (χ4n) is 2.47. The number of nitro benzene ring substituents is 1. The van der Waals surface area contributed by atoms with Crippen molar-refractivity contribution in [2.45, 2.75) is 0 Å². The van der Waals surface area contributed by atoms with Crippen LogP contribution >= 0.6 is 0 Å². The van der Waals surface area contributed by atoms with Crippen molar-refractivity contribution >= 4 is 5.69 Å². The maximum Gasteiger partial charge on any atom is 0.280 e. The molecule has 4 nitrogen and oxygen atoms in total. The van der Waals surface area contributed by atoms with Gasteiger partial charge in [0.25, 0.3) is 5.69 Å². The fraction of sp³-hybridized carbons (Fsp3) is 0. The Labute approximate surface area is 127 Å². The normalized spacial score (nSPS) is 10.4. The second-order valence-corrected chi connectivity index (χ2v) is 4.85. The monoisotopic (exact) mass is 291 g/mol. The first kappa shape index (κ1) is 13.8. The van der Waals surface area contributed by atoms with Crippen LogP contribution in [0, 0.1) is 10.1 Å². The Kier molecular flexibility index (Phi) is 3.58. The molecule has 0 aromatic heterocycles. The summed E-state index contributed by atoms with van der Waals surface area (Å²) in [6.45, 7) is 0. The van der Waals surface area contributed by atoms with Gasteiger partial charge in [-0.15, -0.1) is 0 Å². The highest BCUT2D eigenvalue weighted by atomic mass is 16.6. The quantitative estimate of drug-likeness (QED) is 0.565. The third-order valence-corrected chi connectivity index (χ3v) is 3.50. The van der Waals surface area contributed by atoms with E-state index in [4.69, 9.17) is 0 Å². The molecular weight excluding hydrogens is 278 g/mol. The van der Waals surface area contributed by atoms with E-state index in [1.807, 2.05) is 36.4 Å². The van der Waals surface area contributed by atoms with Crippen molar-refractivity contribution in [2.24, 2.45) is 0 Å². The predicted octanol–water partition coefficient (Wildman–Crippen LogP) is 4.63. The van der Waals surface area contributed by atoms with Crippen molar-refractivity contribution in [1.82, 2.24) is 0 Å². The summed E-state index contributed by atoms with van der Waals surface area (Å²) >= 11 is 0. The Hall–Kier alpha value is -3.14. The van der Waals surface area contributed by atoms with Crippen LogP contribution < -0.4 is 0 Å². The van der Waals surface area contributed by atoms with Crippen LogP contribution in [0.15, 0.2) is 72.8 Å². The molecule has 0 atom stereocenters. The maximum atomic E-state index is 11.3. The summed E-state index contributed by atoms with van der Waals surface area (Å²) in [4.78, 5) is 10.8. The molecule has 0 heterocycles. The molecule has 0 fully saturated rings. The zero-order valence-corrected chi connectivity index (χ0v) is 11.6. The van der Waals surface area contributed by atoms with Crippen LogP contribution in [0.2, 0.25) is 0 Å². The molecule has 3 aromatic carbocycles. The summed E-state index contributed by atoms with van der Waals surface area (Å²) in [6.07, 6.45) is 0. The second kappa shape index (κ2) is 5.69. The summed E-state index contributed by atoms with van der Waals surface area (Å²) in [6, 6.07) is 21.2. The molecule has 0 spiro atoms. The number of phenolic OH excluding ortho intramolecular Hbond substituents is 1. The van der Waals surface area contributed by atoms with Gasteiger partial charge in [0.2, 0.25) is 0 Å². The molecule has 4 heteroatoms. The number of nitro groups is 1. The Morgan fingerprint density at radius 3 is 1.86 bits per heavy atom. The molecule has 1 N–H and O–H groups in total. The van der Waals surface area contributed by atoms with E-state index >= 15 is 0 Å². The number of aromatic hydroxyl groups is 1. The van der Waals surface area contributed by atoms with Crippen molar-refractivity contribution in [3.8, 4) is 28.0 Å². The van der Waals surface area contributed by atoms with Gasteiger partial charge in [0.05, 0.1) is 4.92 Å². The van der Waals surface area contributed by atoms with Crippen LogP contribution in [0.25, 0.3) is 22.3 Å². The Balaban J connectivity index is 2.28. The van der Waals surface area contributed by atoms with Gasteiger partial charge in [-0.05, 0) is 17.2 Å². The lowest BCUT2D eigenvalue weighted by Crippen LogP contribution is -1.94. The molecule has 0 saturated heterocycles. The first-order valence-corrected chi connectivity index (χ1v) is 6.79. The SMILES string of the molecule is O=[N+]([O-])c1ccc(-c2ccccc2)c(O)c1-c1ccccc1. The van der Waals surface area contributed by atoms with Crippen LogP contribution in [-0.2, 0) is 0 Å². The molecular formula is C18H13NO3. The molecule has 0 saturated carbocycles. The lowest BCUT2D eigenvalue weighted by molar-refractivity contribution is -0.384. The number of phenols is 1. The van der Waals surface area contributed by atoms with Gasteiger partial charge in [-0.2, -0.15) is 0 Å². The van der Waals surface area contributed by atoms with Crippen molar-refractivity contribution in [3.05, 3.63) is 82.9 Å². The van der Waals surface area contributed by atoms with E-state index in [0.717, 1.165) is 5.56 Å². The van der Waals surface area contributed by atoms with Crippen LogP contribution in [0.5, 0.6) is 5.75 Å². The lowest BCUT2D eigenvalue weighted by atomic mass is 9.96. The van der Waals surface area contributed by atoms with Gasteiger partial charge in [0.1, 0.15) is 11.3 Å². The molecule has 0 radical (unpaired) electrons. The van der Waals surface area contributed by atoms with Crippen molar-refractivity contribution in [3.63, 3.8) is 0 Å². The fourth-order valence-corrected chi connectivity index (χ4v) is 2.47.